The number of ether oxygens (including phenoxy) is 1. The van der Waals surface area contributed by atoms with Crippen molar-refractivity contribution in [1.82, 2.24) is 14.9 Å². The Balaban J connectivity index is 1.66. The number of nitrogens with one attached hydrogen (secondary N) is 2. The van der Waals surface area contributed by atoms with E-state index >= 15 is 0 Å². The Morgan fingerprint density at radius 3 is 2.80 bits per heavy atom. The molecule has 3 atom stereocenters. The Morgan fingerprint density at radius 2 is 2.08 bits per heavy atom. The summed E-state index contributed by atoms with van der Waals surface area (Å²) in [5, 5.41) is 12.8. The second-order valence-electron chi connectivity index (χ2n) is 5.65. The predicted octanol–water partition coefficient (Wildman–Crippen LogP) is 0.378. The van der Waals surface area contributed by atoms with Gasteiger partial charge in [0.15, 0.2) is 0 Å². The summed E-state index contributed by atoms with van der Waals surface area (Å²) in [7, 11) is 0. The molecule has 0 bridgehead atoms. The maximum absolute atomic E-state index is 12.0. The average molecular weight is 410 g/mol. The van der Waals surface area contributed by atoms with Crippen LogP contribution in [0.1, 0.15) is 23.0 Å². The molecular weight excluding hydrogens is 394 g/mol. The Kier molecular flexibility index (Phi) is 5.16. The highest BCUT2D eigenvalue weighted by Crippen LogP contribution is 2.27. The molecule has 0 aliphatic carbocycles. The summed E-state index contributed by atoms with van der Waals surface area (Å²) in [5.74, 6) is -0.274. The SMILES string of the molecule is O=C(NC[C@@H]1O[C@H](n2cc(Br)c(=O)[nH]c2=O)CC1O)c1ccccc1. The fourth-order valence-electron chi connectivity index (χ4n) is 2.63. The van der Waals surface area contributed by atoms with Gasteiger partial charge in [0, 0.05) is 24.7 Å². The number of benzene rings is 1. The van der Waals surface area contributed by atoms with Gasteiger partial charge in [0.1, 0.15) is 12.3 Å². The fourth-order valence-corrected chi connectivity index (χ4v) is 2.95. The van der Waals surface area contributed by atoms with Gasteiger partial charge in [0.2, 0.25) is 0 Å². The molecule has 25 heavy (non-hydrogen) atoms. The summed E-state index contributed by atoms with van der Waals surface area (Å²) in [5.41, 5.74) is -0.654. The lowest BCUT2D eigenvalue weighted by molar-refractivity contribution is -0.0187. The number of nitrogens with zero attached hydrogens (tertiary/aromatic N) is 1. The minimum absolute atomic E-state index is 0.102. The highest BCUT2D eigenvalue weighted by molar-refractivity contribution is 9.10. The number of carbonyl (C=O) groups excluding carboxylic acids is 1. The quantitative estimate of drug-likeness (QED) is 0.675. The number of aromatic nitrogens is 2. The first-order chi connectivity index (χ1) is 12.0. The van der Waals surface area contributed by atoms with E-state index in [1.165, 1.54) is 10.8 Å². The third-order valence-corrected chi connectivity index (χ3v) is 4.50. The lowest BCUT2D eigenvalue weighted by atomic mass is 10.1. The first-order valence-electron chi connectivity index (χ1n) is 7.63. The number of hydrogen-bond donors (Lipinski definition) is 3. The van der Waals surface area contributed by atoms with Crippen LogP contribution < -0.4 is 16.6 Å². The minimum atomic E-state index is -0.848. The number of halogens is 1. The molecule has 1 saturated heterocycles. The molecule has 1 amide bonds. The Labute approximate surface area is 150 Å². The van der Waals surface area contributed by atoms with Gasteiger partial charge in [-0.05, 0) is 28.1 Å². The second kappa shape index (κ2) is 7.34. The van der Waals surface area contributed by atoms with E-state index in [9.17, 15) is 19.5 Å². The number of carbonyl (C=O) groups is 1. The first kappa shape index (κ1) is 17.6. The van der Waals surface area contributed by atoms with Gasteiger partial charge in [0.25, 0.3) is 11.5 Å². The van der Waals surface area contributed by atoms with E-state index in [4.69, 9.17) is 4.74 Å². The van der Waals surface area contributed by atoms with E-state index < -0.39 is 29.7 Å². The summed E-state index contributed by atoms with van der Waals surface area (Å²) in [4.78, 5) is 37.5. The van der Waals surface area contributed by atoms with Crippen LogP contribution in [0, 0.1) is 0 Å². The third-order valence-electron chi connectivity index (χ3n) is 3.94. The minimum Gasteiger partial charge on any atom is -0.390 e. The fraction of sp³-hybridized carbons (Fsp3) is 0.312. The lowest BCUT2D eigenvalue weighted by Gasteiger charge is -2.16. The summed E-state index contributed by atoms with van der Waals surface area (Å²) in [6, 6.07) is 8.69. The van der Waals surface area contributed by atoms with Crippen molar-refractivity contribution in [2.24, 2.45) is 0 Å². The summed E-state index contributed by atoms with van der Waals surface area (Å²) >= 11 is 3.05. The van der Waals surface area contributed by atoms with Crippen molar-refractivity contribution in [2.75, 3.05) is 6.54 Å². The average Bonchev–Trinajstić information content (AvgIpc) is 2.97. The van der Waals surface area contributed by atoms with Gasteiger partial charge in [0.05, 0.1) is 10.6 Å². The number of aromatic amines is 1. The van der Waals surface area contributed by atoms with Crippen LogP contribution in [0.15, 0.2) is 50.6 Å². The van der Waals surface area contributed by atoms with Gasteiger partial charge in [-0.3, -0.25) is 19.1 Å². The smallest absolute Gasteiger partial charge is 0.330 e. The molecule has 1 unspecified atom stereocenters. The molecule has 2 heterocycles. The van der Waals surface area contributed by atoms with Gasteiger partial charge in [-0.25, -0.2) is 4.79 Å². The molecule has 2 aromatic rings. The number of rotatable bonds is 4. The molecule has 1 aliphatic heterocycles. The molecule has 1 aliphatic rings. The van der Waals surface area contributed by atoms with Crippen LogP contribution in [0.3, 0.4) is 0 Å². The van der Waals surface area contributed by atoms with Gasteiger partial charge < -0.3 is 15.2 Å². The molecule has 1 fully saturated rings. The molecular formula is C16H16BrN3O5. The maximum atomic E-state index is 12.0. The van der Waals surface area contributed by atoms with E-state index in [1.54, 1.807) is 24.3 Å². The Morgan fingerprint density at radius 1 is 1.36 bits per heavy atom. The third kappa shape index (κ3) is 3.89. The van der Waals surface area contributed by atoms with Gasteiger partial charge in [-0.15, -0.1) is 0 Å². The predicted molar refractivity (Wildman–Crippen MR) is 92.3 cm³/mol. The van der Waals surface area contributed by atoms with E-state index in [-0.39, 0.29) is 23.3 Å². The van der Waals surface area contributed by atoms with E-state index in [0.29, 0.717) is 5.56 Å². The van der Waals surface area contributed by atoms with Crippen LogP contribution in [0.5, 0.6) is 0 Å². The monoisotopic (exact) mass is 409 g/mol. The van der Waals surface area contributed by atoms with Crippen molar-refractivity contribution in [3.8, 4) is 0 Å². The van der Waals surface area contributed by atoms with Crippen molar-refractivity contribution < 1.29 is 14.6 Å². The number of aliphatic hydroxyl groups is 1. The normalized spacial score (nSPS) is 22.7. The van der Waals surface area contributed by atoms with Crippen LogP contribution in [-0.4, -0.2) is 39.3 Å². The zero-order chi connectivity index (χ0) is 18.0. The number of hydrogen-bond acceptors (Lipinski definition) is 5. The zero-order valence-corrected chi connectivity index (χ0v) is 14.6. The van der Waals surface area contributed by atoms with Crippen molar-refractivity contribution in [1.29, 1.82) is 0 Å². The molecule has 8 nitrogen and oxygen atoms in total. The van der Waals surface area contributed by atoms with Gasteiger partial charge in [-0.1, -0.05) is 18.2 Å². The van der Waals surface area contributed by atoms with Crippen molar-refractivity contribution in [2.45, 2.75) is 24.9 Å². The molecule has 1 aromatic carbocycles. The molecule has 1 aromatic heterocycles. The Hall–Kier alpha value is -2.23. The number of amides is 1. The number of H-pyrrole nitrogens is 1. The Bertz CT molecular complexity index is 879. The zero-order valence-electron chi connectivity index (χ0n) is 13.0. The largest absolute Gasteiger partial charge is 0.390 e. The molecule has 0 radical (unpaired) electrons. The summed E-state index contributed by atoms with van der Waals surface area (Å²) < 4.78 is 7.07. The van der Waals surface area contributed by atoms with Crippen molar-refractivity contribution in [3.05, 3.63) is 67.4 Å². The molecule has 0 saturated carbocycles. The molecule has 3 N–H and O–H groups in total. The number of aliphatic hydroxyl groups excluding tert-OH is 1. The van der Waals surface area contributed by atoms with Crippen LogP contribution >= 0.6 is 15.9 Å². The van der Waals surface area contributed by atoms with Crippen LogP contribution in [0.4, 0.5) is 0 Å². The van der Waals surface area contributed by atoms with E-state index in [2.05, 4.69) is 26.2 Å². The molecule has 0 spiro atoms. The lowest BCUT2D eigenvalue weighted by Crippen LogP contribution is -2.37. The summed E-state index contributed by atoms with van der Waals surface area (Å²) in [6.07, 6.45) is -0.739. The van der Waals surface area contributed by atoms with E-state index in [1.807, 2.05) is 6.07 Å². The van der Waals surface area contributed by atoms with Crippen LogP contribution in [0.2, 0.25) is 0 Å². The van der Waals surface area contributed by atoms with Crippen molar-refractivity contribution >= 4 is 21.8 Å². The molecule has 9 heteroatoms. The van der Waals surface area contributed by atoms with E-state index in [0.717, 1.165) is 0 Å². The first-order valence-corrected chi connectivity index (χ1v) is 8.42. The highest BCUT2D eigenvalue weighted by Gasteiger charge is 2.35. The van der Waals surface area contributed by atoms with Crippen LogP contribution in [0.25, 0.3) is 0 Å². The van der Waals surface area contributed by atoms with Gasteiger partial charge >= 0.3 is 5.69 Å². The maximum Gasteiger partial charge on any atom is 0.330 e. The summed E-state index contributed by atoms with van der Waals surface area (Å²) in [6.45, 7) is 0.102. The molecule has 132 valence electrons. The second-order valence-corrected chi connectivity index (χ2v) is 6.51. The topological polar surface area (TPSA) is 113 Å². The van der Waals surface area contributed by atoms with Crippen molar-refractivity contribution in [3.63, 3.8) is 0 Å². The van der Waals surface area contributed by atoms with Crippen LogP contribution in [-0.2, 0) is 4.74 Å². The molecule has 3 rings (SSSR count). The standard InChI is InChI=1S/C16H16BrN3O5/c17-10-8-20(16(24)19-15(10)23)13-6-11(21)12(25-13)7-18-14(22)9-4-2-1-3-5-9/h1-5,8,11-13,21H,6-7H2,(H,18,22)(H,19,23,24)/t11?,12-,13-/m0/s1. The van der Waals surface area contributed by atoms with Gasteiger partial charge in [-0.2, -0.15) is 0 Å². The highest BCUT2D eigenvalue weighted by atomic mass is 79.9.